The monoisotopic (exact) mass is 323 g/mol. The molecule has 2 amide bonds. The summed E-state index contributed by atoms with van der Waals surface area (Å²) in [6.45, 7) is 5.26. The average Bonchev–Trinajstić information content (AvgIpc) is 2.91. The molecule has 7 heteroatoms. The fraction of sp³-hybridized carbons (Fsp3) is 0.533. The standard InChI is InChI=1S/C15H21N3O3S/c1-3-21-15(20)17-12-5-4-8-18(9-12)14(19)7-6-13-10-22-11(2)16-13/h6-7,10,12H,3-5,8-9H2,1-2H3,(H,17,20). The molecule has 1 aliphatic heterocycles. The van der Waals surface area contributed by atoms with Gasteiger partial charge in [0.15, 0.2) is 0 Å². The van der Waals surface area contributed by atoms with Crippen LogP contribution < -0.4 is 5.32 Å². The molecule has 1 aromatic rings. The first-order valence-corrected chi connectivity index (χ1v) is 8.29. The molecule has 0 aliphatic carbocycles. The smallest absolute Gasteiger partial charge is 0.407 e. The molecule has 0 saturated carbocycles. The lowest BCUT2D eigenvalue weighted by atomic mass is 10.1. The molecule has 1 saturated heterocycles. The van der Waals surface area contributed by atoms with Gasteiger partial charge >= 0.3 is 6.09 Å². The van der Waals surface area contributed by atoms with Crippen molar-refractivity contribution >= 4 is 29.4 Å². The SMILES string of the molecule is CCOC(=O)NC1CCCN(C(=O)C=Cc2csc(C)n2)C1. The Bertz CT molecular complexity index is 556. The number of alkyl carbamates (subject to hydrolysis) is 1. The zero-order chi connectivity index (χ0) is 15.9. The molecule has 1 aromatic heterocycles. The van der Waals surface area contributed by atoms with E-state index < -0.39 is 6.09 Å². The van der Waals surface area contributed by atoms with E-state index in [0.717, 1.165) is 23.5 Å². The van der Waals surface area contributed by atoms with Crippen molar-refractivity contribution in [2.24, 2.45) is 0 Å². The third-order valence-corrected chi connectivity index (χ3v) is 4.16. The van der Waals surface area contributed by atoms with Gasteiger partial charge in [0.1, 0.15) is 0 Å². The normalized spacial score (nSPS) is 18.5. The average molecular weight is 323 g/mol. The van der Waals surface area contributed by atoms with E-state index in [4.69, 9.17) is 4.74 Å². The van der Waals surface area contributed by atoms with Crippen molar-refractivity contribution in [2.45, 2.75) is 32.7 Å². The summed E-state index contributed by atoms with van der Waals surface area (Å²) in [5.41, 5.74) is 0.800. The van der Waals surface area contributed by atoms with Crippen molar-refractivity contribution in [1.29, 1.82) is 0 Å². The van der Waals surface area contributed by atoms with Gasteiger partial charge in [-0.1, -0.05) is 0 Å². The molecule has 6 nitrogen and oxygen atoms in total. The second kappa shape index (κ2) is 7.93. The Morgan fingerprint density at radius 2 is 2.41 bits per heavy atom. The Hall–Kier alpha value is -1.89. The number of nitrogens with zero attached hydrogens (tertiary/aromatic N) is 2. The highest BCUT2D eigenvalue weighted by atomic mass is 32.1. The van der Waals surface area contributed by atoms with Gasteiger partial charge in [0.2, 0.25) is 5.91 Å². The van der Waals surface area contributed by atoms with Gasteiger partial charge in [-0.25, -0.2) is 9.78 Å². The molecule has 1 atom stereocenters. The van der Waals surface area contributed by atoms with Crippen molar-refractivity contribution < 1.29 is 14.3 Å². The second-order valence-electron chi connectivity index (χ2n) is 5.11. The van der Waals surface area contributed by atoms with Crippen LogP contribution in [0.4, 0.5) is 4.79 Å². The summed E-state index contributed by atoms with van der Waals surface area (Å²) in [4.78, 5) is 29.7. The van der Waals surface area contributed by atoms with Crippen LogP contribution >= 0.6 is 11.3 Å². The number of rotatable bonds is 4. The van der Waals surface area contributed by atoms with Crippen molar-refractivity contribution in [1.82, 2.24) is 15.2 Å². The number of nitrogens with one attached hydrogen (secondary N) is 1. The molecule has 1 fully saturated rings. The summed E-state index contributed by atoms with van der Waals surface area (Å²) in [5, 5.41) is 5.68. The van der Waals surface area contributed by atoms with Gasteiger partial charge in [-0.3, -0.25) is 4.79 Å². The quantitative estimate of drug-likeness (QED) is 0.862. The van der Waals surface area contributed by atoms with Crippen LogP contribution in [0.2, 0.25) is 0 Å². The van der Waals surface area contributed by atoms with E-state index in [0.29, 0.717) is 19.7 Å². The lowest BCUT2D eigenvalue weighted by molar-refractivity contribution is -0.127. The molecule has 120 valence electrons. The summed E-state index contributed by atoms with van der Waals surface area (Å²) in [7, 11) is 0. The number of amides is 2. The van der Waals surface area contributed by atoms with Gasteiger partial charge in [-0.05, 0) is 32.8 Å². The first kappa shape index (κ1) is 16.5. The molecule has 0 spiro atoms. The Morgan fingerprint density at radius 1 is 1.59 bits per heavy atom. The number of ether oxygens (including phenoxy) is 1. The first-order valence-electron chi connectivity index (χ1n) is 7.41. The lowest BCUT2D eigenvalue weighted by Crippen LogP contribution is -2.49. The van der Waals surface area contributed by atoms with Gasteiger partial charge in [0.25, 0.3) is 0 Å². The van der Waals surface area contributed by atoms with Gasteiger partial charge in [0, 0.05) is 30.6 Å². The zero-order valence-corrected chi connectivity index (χ0v) is 13.7. The number of hydrogen-bond acceptors (Lipinski definition) is 5. The molecule has 2 heterocycles. The number of aromatic nitrogens is 1. The topological polar surface area (TPSA) is 71.5 Å². The Morgan fingerprint density at radius 3 is 3.09 bits per heavy atom. The van der Waals surface area contributed by atoms with Crippen LogP contribution in [0.3, 0.4) is 0 Å². The van der Waals surface area contributed by atoms with Crippen LogP contribution in [-0.4, -0.2) is 47.6 Å². The molecule has 1 N–H and O–H groups in total. The molecular formula is C15H21N3O3S. The summed E-state index contributed by atoms with van der Waals surface area (Å²) in [5.74, 6) is -0.0546. The van der Waals surface area contributed by atoms with Crippen molar-refractivity contribution in [3.8, 4) is 0 Å². The van der Waals surface area contributed by atoms with E-state index in [1.54, 1.807) is 35.3 Å². The highest BCUT2D eigenvalue weighted by Gasteiger charge is 2.23. The largest absolute Gasteiger partial charge is 0.450 e. The van der Waals surface area contributed by atoms with Crippen LogP contribution in [0.15, 0.2) is 11.5 Å². The number of likely N-dealkylation sites (tertiary alicyclic amines) is 1. The van der Waals surface area contributed by atoms with E-state index in [2.05, 4.69) is 10.3 Å². The molecule has 1 aliphatic rings. The van der Waals surface area contributed by atoms with E-state index in [1.165, 1.54) is 0 Å². The third-order valence-electron chi connectivity index (χ3n) is 3.36. The highest BCUT2D eigenvalue weighted by Crippen LogP contribution is 2.13. The van der Waals surface area contributed by atoms with E-state index in [9.17, 15) is 9.59 Å². The van der Waals surface area contributed by atoms with Crippen LogP contribution in [0, 0.1) is 6.92 Å². The summed E-state index contributed by atoms with van der Waals surface area (Å²) in [6, 6.07) is -0.0494. The number of carbonyl (C=O) groups excluding carboxylic acids is 2. The molecule has 22 heavy (non-hydrogen) atoms. The number of hydrogen-bond donors (Lipinski definition) is 1. The van der Waals surface area contributed by atoms with Crippen molar-refractivity contribution in [2.75, 3.05) is 19.7 Å². The van der Waals surface area contributed by atoms with Crippen LogP contribution in [0.5, 0.6) is 0 Å². The number of piperidine rings is 1. The Balaban J connectivity index is 1.87. The van der Waals surface area contributed by atoms with Crippen molar-refractivity contribution in [3.05, 3.63) is 22.2 Å². The van der Waals surface area contributed by atoms with Crippen LogP contribution in [-0.2, 0) is 9.53 Å². The lowest BCUT2D eigenvalue weighted by Gasteiger charge is -2.32. The van der Waals surface area contributed by atoms with Crippen molar-refractivity contribution in [3.63, 3.8) is 0 Å². The predicted molar refractivity (Wildman–Crippen MR) is 85.6 cm³/mol. The minimum atomic E-state index is -0.421. The minimum Gasteiger partial charge on any atom is -0.450 e. The van der Waals surface area contributed by atoms with Gasteiger partial charge < -0.3 is 15.0 Å². The predicted octanol–water partition coefficient (Wildman–Crippen LogP) is 2.20. The summed E-state index contributed by atoms with van der Waals surface area (Å²) >= 11 is 1.55. The van der Waals surface area contributed by atoms with Gasteiger partial charge in [-0.2, -0.15) is 0 Å². The number of aryl methyl sites for hydroxylation is 1. The maximum Gasteiger partial charge on any atom is 0.407 e. The molecule has 0 aromatic carbocycles. The maximum atomic E-state index is 12.2. The maximum absolute atomic E-state index is 12.2. The van der Waals surface area contributed by atoms with E-state index >= 15 is 0 Å². The van der Waals surface area contributed by atoms with E-state index in [-0.39, 0.29) is 11.9 Å². The molecule has 2 rings (SSSR count). The minimum absolute atomic E-state index is 0.0494. The third kappa shape index (κ3) is 4.84. The van der Waals surface area contributed by atoms with E-state index in [1.807, 2.05) is 12.3 Å². The molecule has 0 bridgehead atoms. The zero-order valence-electron chi connectivity index (χ0n) is 12.9. The molecule has 1 unspecified atom stereocenters. The van der Waals surface area contributed by atoms with Gasteiger partial charge in [0.05, 0.1) is 17.3 Å². The van der Waals surface area contributed by atoms with Crippen LogP contribution in [0.25, 0.3) is 6.08 Å². The number of thiazole rings is 1. The fourth-order valence-corrected chi connectivity index (χ4v) is 2.93. The number of carbonyl (C=O) groups is 2. The Labute approximate surface area is 134 Å². The summed E-state index contributed by atoms with van der Waals surface area (Å²) < 4.78 is 4.87. The molecular weight excluding hydrogens is 302 g/mol. The Kier molecular flexibility index (Phi) is 5.94. The first-order chi connectivity index (χ1) is 10.6. The summed E-state index contributed by atoms with van der Waals surface area (Å²) in [6.07, 6.45) is 4.58. The second-order valence-corrected chi connectivity index (χ2v) is 6.18. The van der Waals surface area contributed by atoms with Crippen LogP contribution in [0.1, 0.15) is 30.5 Å². The fourth-order valence-electron chi connectivity index (χ4n) is 2.35. The highest BCUT2D eigenvalue weighted by molar-refractivity contribution is 7.09. The van der Waals surface area contributed by atoms with Gasteiger partial charge in [-0.15, -0.1) is 11.3 Å². The molecule has 0 radical (unpaired) electrons.